The van der Waals surface area contributed by atoms with Crippen LogP contribution in [0, 0.1) is 11.7 Å². The number of benzene rings is 1. The first-order valence-corrected chi connectivity index (χ1v) is 7.76. The normalized spacial score (nSPS) is 13.4. The SMILES string of the molecule is CC(C)CN(CCC(N)c1ccc(F)cc1)CCN(C)C. The van der Waals surface area contributed by atoms with Crippen LogP contribution < -0.4 is 5.73 Å². The average molecular weight is 295 g/mol. The Morgan fingerprint density at radius 2 is 1.67 bits per heavy atom. The maximum absolute atomic E-state index is 12.9. The molecule has 4 heteroatoms. The zero-order valence-electron chi connectivity index (χ0n) is 13.8. The van der Waals surface area contributed by atoms with E-state index in [0.717, 1.165) is 38.2 Å². The third-order valence-electron chi connectivity index (χ3n) is 3.54. The molecule has 0 bridgehead atoms. The first-order valence-electron chi connectivity index (χ1n) is 7.76. The van der Waals surface area contributed by atoms with Gasteiger partial charge in [-0.1, -0.05) is 26.0 Å². The highest BCUT2D eigenvalue weighted by Gasteiger charge is 2.12. The Balaban J connectivity index is 2.48. The van der Waals surface area contributed by atoms with Crippen LogP contribution in [-0.4, -0.2) is 50.1 Å². The highest BCUT2D eigenvalue weighted by atomic mass is 19.1. The number of nitrogens with zero attached hydrogens (tertiary/aromatic N) is 2. The Hall–Kier alpha value is -0.970. The minimum Gasteiger partial charge on any atom is -0.324 e. The lowest BCUT2D eigenvalue weighted by Gasteiger charge is -2.27. The Morgan fingerprint density at radius 1 is 1.05 bits per heavy atom. The van der Waals surface area contributed by atoms with E-state index in [1.54, 1.807) is 12.1 Å². The quantitative estimate of drug-likeness (QED) is 0.760. The fourth-order valence-electron chi connectivity index (χ4n) is 2.35. The molecule has 0 aliphatic carbocycles. The van der Waals surface area contributed by atoms with Gasteiger partial charge in [-0.15, -0.1) is 0 Å². The van der Waals surface area contributed by atoms with Gasteiger partial charge in [0.2, 0.25) is 0 Å². The molecule has 0 spiro atoms. The standard InChI is InChI=1S/C17H30FN3/c1-14(2)13-21(12-11-20(3)4)10-9-17(19)15-5-7-16(18)8-6-15/h5-8,14,17H,9-13,19H2,1-4H3. The van der Waals surface area contributed by atoms with Crippen LogP contribution in [0.4, 0.5) is 4.39 Å². The van der Waals surface area contributed by atoms with Crippen molar-refractivity contribution in [1.82, 2.24) is 9.80 Å². The van der Waals surface area contributed by atoms with E-state index in [1.165, 1.54) is 12.1 Å². The van der Waals surface area contributed by atoms with E-state index in [0.29, 0.717) is 5.92 Å². The van der Waals surface area contributed by atoms with Gasteiger partial charge in [0.25, 0.3) is 0 Å². The van der Waals surface area contributed by atoms with Crippen molar-refractivity contribution in [2.75, 3.05) is 40.3 Å². The van der Waals surface area contributed by atoms with E-state index in [1.807, 2.05) is 0 Å². The first kappa shape index (κ1) is 18.1. The Morgan fingerprint density at radius 3 is 2.19 bits per heavy atom. The highest BCUT2D eigenvalue weighted by Crippen LogP contribution is 2.15. The minimum atomic E-state index is -0.210. The summed E-state index contributed by atoms with van der Waals surface area (Å²) in [5.41, 5.74) is 7.23. The van der Waals surface area contributed by atoms with E-state index in [9.17, 15) is 4.39 Å². The summed E-state index contributed by atoms with van der Waals surface area (Å²) in [5, 5.41) is 0. The van der Waals surface area contributed by atoms with Gasteiger partial charge in [0.1, 0.15) is 5.82 Å². The summed E-state index contributed by atoms with van der Waals surface area (Å²) in [5.74, 6) is 0.438. The maximum Gasteiger partial charge on any atom is 0.123 e. The van der Waals surface area contributed by atoms with Gasteiger partial charge < -0.3 is 15.5 Å². The fourth-order valence-corrected chi connectivity index (χ4v) is 2.35. The Kier molecular flexibility index (Phi) is 7.86. The van der Waals surface area contributed by atoms with Crippen molar-refractivity contribution in [3.8, 4) is 0 Å². The molecule has 1 unspecified atom stereocenters. The van der Waals surface area contributed by atoms with Crippen molar-refractivity contribution >= 4 is 0 Å². The van der Waals surface area contributed by atoms with E-state index >= 15 is 0 Å². The molecule has 1 rings (SSSR count). The number of hydrogen-bond acceptors (Lipinski definition) is 3. The molecule has 0 heterocycles. The Labute approximate surface area is 128 Å². The number of rotatable bonds is 9. The molecular formula is C17H30FN3. The zero-order chi connectivity index (χ0) is 15.8. The summed E-state index contributed by atoms with van der Waals surface area (Å²) in [7, 11) is 4.19. The molecule has 0 amide bonds. The van der Waals surface area contributed by atoms with Gasteiger partial charge in [-0.2, -0.15) is 0 Å². The molecule has 0 fully saturated rings. The number of nitrogens with two attached hydrogens (primary N) is 1. The highest BCUT2D eigenvalue weighted by molar-refractivity contribution is 5.19. The van der Waals surface area contributed by atoms with E-state index in [4.69, 9.17) is 5.73 Å². The van der Waals surface area contributed by atoms with Crippen LogP contribution >= 0.6 is 0 Å². The lowest BCUT2D eigenvalue weighted by Crippen LogP contribution is -2.36. The monoisotopic (exact) mass is 295 g/mol. The third-order valence-corrected chi connectivity index (χ3v) is 3.54. The van der Waals surface area contributed by atoms with Gasteiger partial charge in [0, 0.05) is 25.7 Å². The van der Waals surface area contributed by atoms with Gasteiger partial charge in [-0.3, -0.25) is 0 Å². The molecule has 0 saturated carbocycles. The molecule has 1 atom stereocenters. The van der Waals surface area contributed by atoms with Gasteiger partial charge in [0.15, 0.2) is 0 Å². The van der Waals surface area contributed by atoms with Gasteiger partial charge in [-0.05, 0) is 50.7 Å². The molecule has 0 aliphatic heterocycles. The molecule has 1 aromatic carbocycles. The number of hydrogen-bond donors (Lipinski definition) is 1. The second-order valence-electron chi connectivity index (χ2n) is 6.44. The summed E-state index contributed by atoms with van der Waals surface area (Å²) in [6, 6.07) is 6.50. The fraction of sp³-hybridized carbons (Fsp3) is 0.647. The molecule has 2 N–H and O–H groups in total. The van der Waals surface area contributed by atoms with Crippen molar-refractivity contribution in [2.24, 2.45) is 11.7 Å². The summed E-state index contributed by atoms with van der Waals surface area (Å²) >= 11 is 0. The van der Waals surface area contributed by atoms with Crippen LogP contribution in [0.3, 0.4) is 0 Å². The number of likely N-dealkylation sites (N-methyl/N-ethyl adjacent to an activating group) is 1. The Bertz CT molecular complexity index is 390. The van der Waals surface area contributed by atoms with E-state index in [-0.39, 0.29) is 11.9 Å². The molecule has 1 aromatic rings. The lowest BCUT2D eigenvalue weighted by atomic mass is 10.0. The predicted octanol–water partition coefficient (Wildman–Crippen LogP) is 2.74. The number of halogens is 1. The largest absolute Gasteiger partial charge is 0.324 e. The van der Waals surface area contributed by atoms with Crippen LogP contribution in [0.1, 0.15) is 31.9 Å². The van der Waals surface area contributed by atoms with Gasteiger partial charge >= 0.3 is 0 Å². The average Bonchev–Trinajstić information content (AvgIpc) is 2.41. The minimum absolute atomic E-state index is 0.0281. The third kappa shape index (κ3) is 7.55. The predicted molar refractivity (Wildman–Crippen MR) is 87.8 cm³/mol. The second-order valence-corrected chi connectivity index (χ2v) is 6.44. The summed E-state index contributed by atoms with van der Waals surface area (Å²) in [4.78, 5) is 4.67. The summed E-state index contributed by atoms with van der Waals surface area (Å²) < 4.78 is 12.9. The van der Waals surface area contributed by atoms with E-state index < -0.39 is 0 Å². The lowest BCUT2D eigenvalue weighted by molar-refractivity contribution is 0.212. The molecule has 3 nitrogen and oxygen atoms in total. The first-order chi connectivity index (χ1) is 9.88. The molecular weight excluding hydrogens is 265 g/mol. The second kappa shape index (κ2) is 9.13. The summed E-state index contributed by atoms with van der Waals surface area (Å²) in [6.45, 7) is 8.65. The maximum atomic E-state index is 12.9. The van der Waals surface area contributed by atoms with Gasteiger partial charge in [-0.25, -0.2) is 4.39 Å². The van der Waals surface area contributed by atoms with Gasteiger partial charge in [0.05, 0.1) is 0 Å². The van der Waals surface area contributed by atoms with Crippen LogP contribution in [-0.2, 0) is 0 Å². The van der Waals surface area contributed by atoms with Crippen LogP contribution in [0.2, 0.25) is 0 Å². The van der Waals surface area contributed by atoms with Crippen molar-refractivity contribution in [3.63, 3.8) is 0 Å². The van der Waals surface area contributed by atoms with Crippen LogP contribution in [0.5, 0.6) is 0 Å². The van der Waals surface area contributed by atoms with Crippen molar-refractivity contribution in [1.29, 1.82) is 0 Å². The molecule has 0 saturated heterocycles. The molecule has 0 radical (unpaired) electrons. The van der Waals surface area contributed by atoms with Crippen LogP contribution in [0.15, 0.2) is 24.3 Å². The van der Waals surface area contributed by atoms with Crippen molar-refractivity contribution in [2.45, 2.75) is 26.3 Å². The van der Waals surface area contributed by atoms with Crippen molar-refractivity contribution in [3.05, 3.63) is 35.6 Å². The summed E-state index contributed by atoms with van der Waals surface area (Å²) in [6.07, 6.45) is 0.895. The molecule has 120 valence electrons. The molecule has 0 aliphatic rings. The topological polar surface area (TPSA) is 32.5 Å². The molecule has 21 heavy (non-hydrogen) atoms. The smallest absolute Gasteiger partial charge is 0.123 e. The van der Waals surface area contributed by atoms with E-state index in [2.05, 4.69) is 37.7 Å². The van der Waals surface area contributed by atoms with Crippen LogP contribution in [0.25, 0.3) is 0 Å². The zero-order valence-corrected chi connectivity index (χ0v) is 13.8. The molecule has 0 aromatic heterocycles. The van der Waals surface area contributed by atoms with Crippen molar-refractivity contribution < 1.29 is 4.39 Å².